The van der Waals surface area contributed by atoms with Gasteiger partial charge in [-0.1, -0.05) is 12.1 Å². The lowest BCUT2D eigenvalue weighted by Crippen LogP contribution is -2.24. The van der Waals surface area contributed by atoms with E-state index in [1.54, 1.807) is 0 Å². The van der Waals surface area contributed by atoms with Crippen LogP contribution in [0.4, 0.5) is 39.5 Å². The van der Waals surface area contributed by atoms with Crippen molar-refractivity contribution < 1.29 is 39.5 Å². The van der Waals surface area contributed by atoms with Crippen molar-refractivity contribution >= 4 is 0 Å². The topological polar surface area (TPSA) is 12.9 Å². The van der Waals surface area contributed by atoms with Gasteiger partial charge in [0.25, 0.3) is 0 Å². The SMILES string of the molecule is FC(F)(F)c1ccc(-c2ccccn2)c(C(F)(F)F)c1C(F)(F)F. The Morgan fingerprint density at radius 3 is 1.62 bits per heavy atom. The van der Waals surface area contributed by atoms with Crippen molar-refractivity contribution in [3.63, 3.8) is 0 Å². The van der Waals surface area contributed by atoms with Gasteiger partial charge in [0, 0.05) is 11.8 Å². The molecular formula is C14H6F9N. The fourth-order valence-electron chi connectivity index (χ4n) is 2.16. The fourth-order valence-corrected chi connectivity index (χ4v) is 2.16. The number of halogens is 9. The first-order valence-electron chi connectivity index (χ1n) is 6.13. The Bertz CT molecular complexity index is 727. The minimum Gasteiger partial charge on any atom is -0.256 e. The lowest BCUT2D eigenvalue weighted by Gasteiger charge is -2.23. The Morgan fingerprint density at radius 1 is 0.625 bits per heavy atom. The first kappa shape index (κ1) is 18.1. The fraction of sp³-hybridized carbons (Fsp3) is 0.214. The van der Waals surface area contributed by atoms with Crippen molar-refractivity contribution in [2.24, 2.45) is 0 Å². The molecule has 0 N–H and O–H groups in total. The van der Waals surface area contributed by atoms with Gasteiger partial charge >= 0.3 is 18.5 Å². The summed E-state index contributed by atoms with van der Waals surface area (Å²) in [4.78, 5) is 3.49. The number of pyridine rings is 1. The van der Waals surface area contributed by atoms with Crippen LogP contribution in [0.1, 0.15) is 16.7 Å². The standard InChI is InChI=1S/C14H6F9N/c15-12(16,17)8-5-4-7(9-3-1-2-6-24-9)10(13(18,19)20)11(8)14(21,22)23/h1-6H. The maximum absolute atomic E-state index is 13.2. The summed E-state index contributed by atoms with van der Waals surface area (Å²) >= 11 is 0. The Kier molecular flexibility index (Phi) is 4.28. The zero-order valence-electron chi connectivity index (χ0n) is 11.3. The van der Waals surface area contributed by atoms with Crippen LogP contribution in [0.2, 0.25) is 0 Å². The molecule has 1 aromatic heterocycles. The summed E-state index contributed by atoms with van der Waals surface area (Å²) in [6.07, 6.45) is -16.1. The zero-order chi connectivity index (χ0) is 18.3. The van der Waals surface area contributed by atoms with E-state index >= 15 is 0 Å². The Balaban J connectivity index is 2.96. The van der Waals surface area contributed by atoms with Crippen LogP contribution < -0.4 is 0 Å². The summed E-state index contributed by atoms with van der Waals surface area (Å²) in [6, 6.07) is 3.78. The van der Waals surface area contributed by atoms with Gasteiger partial charge in [0.2, 0.25) is 0 Å². The minimum atomic E-state index is -5.86. The zero-order valence-corrected chi connectivity index (χ0v) is 11.3. The number of alkyl halides is 9. The number of aromatic nitrogens is 1. The number of benzene rings is 1. The minimum absolute atomic E-state index is 0.0257. The van der Waals surface area contributed by atoms with Crippen LogP contribution in [-0.2, 0) is 18.5 Å². The van der Waals surface area contributed by atoms with Gasteiger partial charge < -0.3 is 0 Å². The highest BCUT2D eigenvalue weighted by atomic mass is 19.4. The maximum atomic E-state index is 13.2. The van der Waals surface area contributed by atoms with Crippen molar-refractivity contribution in [3.8, 4) is 11.3 Å². The van der Waals surface area contributed by atoms with E-state index < -0.39 is 46.5 Å². The van der Waals surface area contributed by atoms with E-state index in [0.29, 0.717) is 6.07 Å². The third kappa shape index (κ3) is 3.46. The Labute approximate surface area is 128 Å². The second-order valence-corrected chi connectivity index (χ2v) is 4.62. The molecule has 2 rings (SSSR count). The monoisotopic (exact) mass is 359 g/mol. The molecule has 1 nitrogen and oxygen atoms in total. The van der Waals surface area contributed by atoms with Gasteiger partial charge in [0.1, 0.15) is 0 Å². The third-order valence-corrected chi connectivity index (χ3v) is 3.02. The van der Waals surface area contributed by atoms with Gasteiger partial charge in [-0.15, -0.1) is 0 Å². The maximum Gasteiger partial charge on any atom is 0.417 e. The highest BCUT2D eigenvalue weighted by Crippen LogP contribution is 2.49. The van der Waals surface area contributed by atoms with Crippen molar-refractivity contribution in [2.75, 3.05) is 0 Å². The molecule has 0 aliphatic rings. The number of nitrogens with zero attached hydrogens (tertiary/aromatic N) is 1. The van der Waals surface area contributed by atoms with E-state index in [2.05, 4.69) is 4.98 Å². The predicted octanol–water partition coefficient (Wildman–Crippen LogP) is 5.81. The van der Waals surface area contributed by atoms with E-state index in [1.807, 2.05) is 0 Å². The number of hydrogen-bond donors (Lipinski definition) is 0. The van der Waals surface area contributed by atoms with E-state index in [0.717, 1.165) is 12.3 Å². The van der Waals surface area contributed by atoms with Gasteiger partial charge in [-0.05, 0) is 18.2 Å². The highest BCUT2D eigenvalue weighted by Gasteiger charge is 2.51. The van der Waals surface area contributed by atoms with Crippen molar-refractivity contribution in [1.82, 2.24) is 4.98 Å². The summed E-state index contributed by atoms with van der Waals surface area (Å²) in [5, 5.41) is 0. The lowest BCUT2D eigenvalue weighted by molar-refractivity contribution is -0.174. The van der Waals surface area contributed by atoms with E-state index in [-0.39, 0.29) is 6.07 Å². The second-order valence-electron chi connectivity index (χ2n) is 4.62. The molecular weight excluding hydrogens is 353 g/mol. The molecule has 0 saturated carbocycles. The molecule has 10 heteroatoms. The van der Waals surface area contributed by atoms with Crippen LogP contribution in [0.3, 0.4) is 0 Å². The molecule has 1 heterocycles. The molecule has 24 heavy (non-hydrogen) atoms. The molecule has 0 aliphatic carbocycles. The van der Waals surface area contributed by atoms with Gasteiger partial charge in [-0.25, -0.2) is 0 Å². The molecule has 0 aliphatic heterocycles. The Hall–Kier alpha value is -2.26. The molecule has 0 fully saturated rings. The normalized spacial score (nSPS) is 13.2. The summed E-state index contributed by atoms with van der Waals surface area (Å²) in [5.74, 6) is 0. The number of rotatable bonds is 1. The highest BCUT2D eigenvalue weighted by molar-refractivity contribution is 5.68. The summed E-state index contributed by atoms with van der Waals surface area (Å²) in [6.45, 7) is 0. The first-order valence-corrected chi connectivity index (χ1v) is 6.13. The molecule has 1 aromatic carbocycles. The third-order valence-electron chi connectivity index (χ3n) is 3.02. The average molecular weight is 359 g/mol. The molecule has 0 saturated heterocycles. The predicted molar refractivity (Wildman–Crippen MR) is 64.7 cm³/mol. The summed E-state index contributed by atoms with van der Waals surface area (Å²) in [5.41, 5.74) is -9.19. The van der Waals surface area contributed by atoms with Crippen LogP contribution in [0.15, 0.2) is 36.5 Å². The van der Waals surface area contributed by atoms with E-state index in [9.17, 15) is 39.5 Å². The van der Waals surface area contributed by atoms with Crippen molar-refractivity contribution in [2.45, 2.75) is 18.5 Å². The average Bonchev–Trinajstić information content (AvgIpc) is 2.44. The van der Waals surface area contributed by atoms with Gasteiger partial charge in [0.05, 0.1) is 22.4 Å². The van der Waals surface area contributed by atoms with Crippen LogP contribution in [0.25, 0.3) is 11.3 Å². The first-order chi connectivity index (χ1) is 10.8. The molecule has 0 atom stereocenters. The smallest absolute Gasteiger partial charge is 0.256 e. The molecule has 130 valence electrons. The van der Waals surface area contributed by atoms with Gasteiger partial charge in [0.15, 0.2) is 0 Å². The second kappa shape index (κ2) is 5.67. The lowest BCUT2D eigenvalue weighted by atomic mass is 9.92. The molecule has 0 bridgehead atoms. The van der Waals surface area contributed by atoms with Crippen LogP contribution in [0, 0.1) is 0 Å². The number of hydrogen-bond acceptors (Lipinski definition) is 1. The molecule has 2 aromatic rings. The summed E-state index contributed by atoms with van der Waals surface area (Å²) < 4.78 is 117. The largest absolute Gasteiger partial charge is 0.417 e. The molecule has 0 spiro atoms. The van der Waals surface area contributed by atoms with Crippen molar-refractivity contribution in [3.05, 3.63) is 53.2 Å². The van der Waals surface area contributed by atoms with Crippen LogP contribution in [0.5, 0.6) is 0 Å². The Morgan fingerprint density at radius 2 is 1.21 bits per heavy atom. The summed E-state index contributed by atoms with van der Waals surface area (Å²) in [7, 11) is 0. The van der Waals surface area contributed by atoms with E-state index in [4.69, 9.17) is 0 Å². The van der Waals surface area contributed by atoms with Crippen LogP contribution >= 0.6 is 0 Å². The quantitative estimate of drug-likeness (QED) is 0.586. The van der Waals surface area contributed by atoms with Gasteiger partial charge in [-0.3, -0.25) is 4.98 Å². The molecule has 0 radical (unpaired) electrons. The van der Waals surface area contributed by atoms with Gasteiger partial charge in [-0.2, -0.15) is 39.5 Å². The molecule has 0 unspecified atom stereocenters. The molecule has 0 amide bonds. The van der Waals surface area contributed by atoms with Crippen LogP contribution in [-0.4, -0.2) is 4.98 Å². The van der Waals surface area contributed by atoms with Crippen molar-refractivity contribution in [1.29, 1.82) is 0 Å². The van der Waals surface area contributed by atoms with E-state index in [1.165, 1.54) is 12.1 Å².